The Kier molecular flexibility index (Phi) is 4.74. The Balaban J connectivity index is 1.82. The predicted octanol–water partition coefficient (Wildman–Crippen LogP) is 3.18. The first-order valence-electron chi connectivity index (χ1n) is 6.96. The SMILES string of the molecule is CC(C)n1ccc(C[C@H](C)NCc2ccccc2)n1. The van der Waals surface area contributed by atoms with Crippen LogP contribution in [0.5, 0.6) is 0 Å². The molecule has 0 bridgehead atoms. The standard InChI is InChI=1S/C16H23N3/c1-13(2)19-10-9-16(18-19)11-14(3)17-12-15-7-5-4-6-8-15/h4-10,13-14,17H,11-12H2,1-3H3/t14-/m0/s1. The van der Waals surface area contributed by atoms with Gasteiger partial charge in [-0.15, -0.1) is 0 Å². The molecule has 0 aliphatic carbocycles. The zero-order valence-electron chi connectivity index (χ0n) is 12.0. The second kappa shape index (κ2) is 6.53. The number of hydrogen-bond donors (Lipinski definition) is 1. The average molecular weight is 257 g/mol. The molecule has 0 spiro atoms. The summed E-state index contributed by atoms with van der Waals surface area (Å²) in [6, 6.07) is 13.5. The Morgan fingerprint density at radius 1 is 1.11 bits per heavy atom. The number of aromatic nitrogens is 2. The topological polar surface area (TPSA) is 29.9 Å². The van der Waals surface area contributed by atoms with E-state index in [0.29, 0.717) is 12.1 Å². The molecular weight excluding hydrogens is 234 g/mol. The van der Waals surface area contributed by atoms with Gasteiger partial charge in [0.1, 0.15) is 0 Å². The molecule has 0 radical (unpaired) electrons. The van der Waals surface area contributed by atoms with Crippen molar-refractivity contribution in [3.63, 3.8) is 0 Å². The van der Waals surface area contributed by atoms with Crippen molar-refractivity contribution < 1.29 is 0 Å². The summed E-state index contributed by atoms with van der Waals surface area (Å²) in [7, 11) is 0. The van der Waals surface area contributed by atoms with E-state index in [9.17, 15) is 0 Å². The Bertz CT molecular complexity index is 488. The monoisotopic (exact) mass is 257 g/mol. The van der Waals surface area contributed by atoms with Crippen LogP contribution in [0.4, 0.5) is 0 Å². The second-order valence-corrected chi connectivity index (χ2v) is 5.35. The lowest BCUT2D eigenvalue weighted by atomic mass is 10.1. The number of nitrogens with zero attached hydrogens (tertiary/aromatic N) is 2. The molecule has 2 aromatic rings. The minimum Gasteiger partial charge on any atom is -0.310 e. The molecule has 0 aliphatic heterocycles. The molecule has 19 heavy (non-hydrogen) atoms. The fourth-order valence-corrected chi connectivity index (χ4v) is 2.05. The van der Waals surface area contributed by atoms with Crippen molar-refractivity contribution in [1.29, 1.82) is 0 Å². The molecule has 3 heteroatoms. The van der Waals surface area contributed by atoms with Gasteiger partial charge < -0.3 is 5.32 Å². The smallest absolute Gasteiger partial charge is 0.0640 e. The Morgan fingerprint density at radius 3 is 2.47 bits per heavy atom. The van der Waals surface area contributed by atoms with Gasteiger partial charge >= 0.3 is 0 Å². The molecule has 1 heterocycles. The minimum absolute atomic E-state index is 0.427. The lowest BCUT2D eigenvalue weighted by Crippen LogP contribution is -2.27. The van der Waals surface area contributed by atoms with Crippen LogP contribution in [0.3, 0.4) is 0 Å². The molecule has 0 unspecified atom stereocenters. The molecule has 0 fully saturated rings. The lowest BCUT2D eigenvalue weighted by Gasteiger charge is -2.12. The third kappa shape index (κ3) is 4.21. The van der Waals surface area contributed by atoms with Gasteiger partial charge in [0.25, 0.3) is 0 Å². The molecule has 0 amide bonds. The summed E-state index contributed by atoms with van der Waals surface area (Å²) >= 11 is 0. The molecule has 1 atom stereocenters. The number of nitrogens with one attached hydrogen (secondary N) is 1. The van der Waals surface area contributed by atoms with Crippen LogP contribution < -0.4 is 5.32 Å². The summed E-state index contributed by atoms with van der Waals surface area (Å²) < 4.78 is 2.01. The first kappa shape index (κ1) is 13.8. The normalized spacial score (nSPS) is 12.8. The largest absolute Gasteiger partial charge is 0.310 e. The Morgan fingerprint density at radius 2 is 1.84 bits per heavy atom. The van der Waals surface area contributed by atoms with Crippen molar-refractivity contribution in [2.45, 2.75) is 45.8 Å². The van der Waals surface area contributed by atoms with Gasteiger partial charge in [-0.25, -0.2) is 0 Å². The van der Waals surface area contributed by atoms with E-state index in [-0.39, 0.29) is 0 Å². The number of benzene rings is 1. The average Bonchev–Trinajstić information content (AvgIpc) is 2.86. The summed E-state index contributed by atoms with van der Waals surface area (Å²) in [5, 5.41) is 8.12. The summed E-state index contributed by atoms with van der Waals surface area (Å²) in [6.07, 6.45) is 3.02. The van der Waals surface area contributed by atoms with Crippen LogP contribution in [0.2, 0.25) is 0 Å². The van der Waals surface area contributed by atoms with Crippen molar-refractivity contribution in [2.24, 2.45) is 0 Å². The summed E-state index contributed by atoms with van der Waals surface area (Å²) in [6.45, 7) is 7.41. The molecule has 0 aliphatic rings. The fraction of sp³-hybridized carbons (Fsp3) is 0.438. The highest BCUT2D eigenvalue weighted by molar-refractivity contribution is 5.14. The van der Waals surface area contributed by atoms with E-state index in [0.717, 1.165) is 18.7 Å². The van der Waals surface area contributed by atoms with Crippen LogP contribution in [0.1, 0.15) is 38.1 Å². The molecular formula is C16H23N3. The second-order valence-electron chi connectivity index (χ2n) is 5.35. The lowest BCUT2D eigenvalue weighted by molar-refractivity contribution is 0.506. The van der Waals surface area contributed by atoms with Crippen LogP contribution >= 0.6 is 0 Å². The van der Waals surface area contributed by atoms with Gasteiger partial charge in [-0.1, -0.05) is 30.3 Å². The maximum atomic E-state index is 4.58. The van der Waals surface area contributed by atoms with Gasteiger partial charge in [-0.3, -0.25) is 4.68 Å². The maximum Gasteiger partial charge on any atom is 0.0640 e. The van der Waals surface area contributed by atoms with E-state index >= 15 is 0 Å². The van der Waals surface area contributed by atoms with E-state index in [1.165, 1.54) is 5.56 Å². The van der Waals surface area contributed by atoms with Gasteiger partial charge in [0.05, 0.1) is 5.69 Å². The molecule has 102 valence electrons. The zero-order chi connectivity index (χ0) is 13.7. The highest BCUT2D eigenvalue weighted by Gasteiger charge is 2.07. The highest BCUT2D eigenvalue weighted by Crippen LogP contribution is 2.07. The molecule has 1 aromatic carbocycles. The summed E-state index contributed by atoms with van der Waals surface area (Å²) in [5.74, 6) is 0. The van der Waals surface area contributed by atoms with Crippen molar-refractivity contribution >= 4 is 0 Å². The van der Waals surface area contributed by atoms with Crippen molar-refractivity contribution in [1.82, 2.24) is 15.1 Å². The van der Waals surface area contributed by atoms with E-state index in [1.807, 2.05) is 10.7 Å². The van der Waals surface area contributed by atoms with Gasteiger partial charge in [0, 0.05) is 31.2 Å². The first-order valence-corrected chi connectivity index (χ1v) is 6.96. The molecule has 0 saturated heterocycles. The quantitative estimate of drug-likeness (QED) is 0.861. The molecule has 1 aromatic heterocycles. The summed E-state index contributed by atoms with van der Waals surface area (Å²) in [5.41, 5.74) is 2.48. The van der Waals surface area contributed by atoms with Crippen LogP contribution in [-0.4, -0.2) is 15.8 Å². The van der Waals surface area contributed by atoms with E-state index in [4.69, 9.17) is 0 Å². The highest BCUT2D eigenvalue weighted by atomic mass is 15.3. The first-order chi connectivity index (χ1) is 9.15. The minimum atomic E-state index is 0.427. The van der Waals surface area contributed by atoms with Crippen LogP contribution in [0, 0.1) is 0 Å². The van der Waals surface area contributed by atoms with Crippen molar-refractivity contribution in [2.75, 3.05) is 0 Å². The third-order valence-electron chi connectivity index (χ3n) is 3.21. The molecule has 0 saturated carbocycles. The van der Waals surface area contributed by atoms with Crippen molar-refractivity contribution in [3.8, 4) is 0 Å². The van der Waals surface area contributed by atoms with Gasteiger partial charge in [-0.05, 0) is 32.4 Å². The number of hydrogen-bond acceptors (Lipinski definition) is 2. The van der Waals surface area contributed by atoms with Crippen LogP contribution in [0.15, 0.2) is 42.6 Å². The van der Waals surface area contributed by atoms with Crippen molar-refractivity contribution in [3.05, 3.63) is 53.9 Å². The maximum absolute atomic E-state index is 4.58. The van der Waals surface area contributed by atoms with Crippen LogP contribution in [0.25, 0.3) is 0 Å². The molecule has 2 rings (SSSR count). The summed E-state index contributed by atoms with van der Waals surface area (Å²) in [4.78, 5) is 0. The van der Waals surface area contributed by atoms with Crippen LogP contribution in [-0.2, 0) is 13.0 Å². The fourth-order valence-electron chi connectivity index (χ4n) is 2.05. The molecule has 1 N–H and O–H groups in total. The third-order valence-corrected chi connectivity index (χ3v) is 3.21. The predicted molar refractivity (Wildman–Crippen MR) is 79.1 cm³/mol. The molecule has 3 nitrogen and oxygen atoms in total. The van der Waals surface area contributed by atoms with Gasteiger partial charge in [-0.2, -0.15) is 5.10 Å². The van der Waals surface area contributed by atoms with Gasteiger partial charge in [0.15, 0.2) is 0 Å². The van der Waals surface area contributed by atoms with E-state index < -0.39 is 0 Å². The zero-order valence-corrected chi connectivity index (χ0v) is 12.0. The Labute approximate surface area is 115 Å². The van der Waals surface area contributed by atoms with Gasteiger partial charge in [0.2, 0.25) is 0 Å². The van der Waals surface area contributed by atoms with E-state index in [1.54, 1.807) is 0 Å². The number of rotatable bonds is 6. The van der Waals surface area contributed by atoms with E-state index in [2.05, 4.69) is 67.7 Å². The Hall–Kier alpha value is -1.61.